The molecule has 2 aromatic heterocycles. The number of pyridine rings is 1. The third-order valence-electron chi connectivity index (χ3n) is 4.51. The average Bonchev–Trinajstić information content (AvgIpc) is 3.24. The zero-order chi connectivity index (χ0) is 21.0. The lowest BCUT2D eigenvalue weighted by atomic mass is 10.2. The Hall–Kier alpha value is -3.23. The molecule has 8 heteroatoms. The quantitative estimate of drug-likeness (QED) is 0.410. The number of nitrogens with one attached hydrogen (secondary N) is 2. The summed E-state index contributed by atoms with van der Waals surface area (Å²) in [6.45, 7) is 2.03. The van der Waals surface area contributed by atoms with Crippen LogP contribution in [0.5, 0.6) is 0 Å². The van der Waals surface area contributed by atoms with Crippen LogP contribution in [0.25, 0.3) is 11.3 Å². The summed E-state index contributed by atoms with van der Waals surface area (Å²) in [5.74, 6) is 0. The summed E-state index contributed by atoms with van der Waals surface area (Å²) in [4.78, 5) is 8.84. The van der Waals surface area contributed by atoms with E-state index in [-0.39, 0.29) is 4.90 Å². The number of anilines is 3. The smallest absolute Gasteiger partial charge is 0.261 e. The van der Waals surface area contributed by atoms with Crippen molar-refractivity contribution in [2.24, 2.45) is 0 Å². The molecule has 2 aromatic carbocycles. The van der Waals surface area contributed by atoms with Gasteiger partial charge in [-0.25, -0.2) is 13.4 Å². The molecule has 0 aliphatic carbocycles. The van der Waals surface area contributed by atoms with Crippen LogP contribution in [0.2, 0.25) is 0 Å². The number of aromatic nitrogens is 2. The number of aryl methyl sites for hydroxylation is 1. The molecular formula is C22H20N4O2S2. The molecule has 0 saturated carbocycles. The third kappa shape index (κ3) is 4.67. The van der Waals surface area contributed by atoms with Crippen LogP contribution in [0.4, 0.5) is 16.5 Å². The number of thiazole rings is 1. The lowest BCUT2D eigenvalue weighted by Crippen LogP contribution is -2.12. The number of hydrogen-bond donors (Lipinski definition) is 2. The molecule has 152 valence electrons. The molecule has 4 rings (SSSR count). The van der Waals surface area contributed by atoms with Gasteiger partial charge in [0.2, 0.25) is 0 Å². The fourth-order valence-electron chi connectivity index (χ4n) is 2.85. The van der Waals surface area contributed by atoms with Gasteiger partial charge in [0.05, 0.1) is 10.6 Å². The number of sulfonamides is 1. The van der Waals surface area contributed by atoms with E-state index >= 15 is 0 Å². The van der Waals surface area contributed by atoms with Crippen LogP contribution in [-0.2, 0) is 16.4 Å². The van der Waals surface area contributed by atoms with Gasteiger partial charge in [0.25, 0.3) is 10.0 Å². The Morgan fingerprint density at radius 3 is 2.23 bits per heavy atom. The summed E-state index contributed by atoms with van der Waals surface area (Å²) in [7, 11) is -3.62. The maximum absolute atomic E-state index is 12.6. The zero-order valence-corrected chi connectivity index (χ0v) is 17.9. The first-order chi connectivity index (χ1) is 14.5. The molecule has 0 saturated heterocycles. The van der Waals surface area contributed by atoms with Gasteiger partial charge in [-0.05, 0) is 60.5 Å². The Balaban J connectivity index is 1.43. The van der Waals surface area contributed by atoms with Gasteiger partial charge in [-0.2, -0.15) is 0 Å². The second kappa shape index (κ2) is 8.64. The van der Waals surface area contributed by atoms with E-state index in [1.807, 2.05) is 48.7 Å². The molecule has 2 heterocycles. The van der Waals surface area contributed by atoms with E-state index in [0.717, 1.165) is 34.1 Å². The van der Waals surface area contributed by atoms with Crippen molar-refractivity contribution in [1.82, 2.24) is 9.97 Å². The normalized spacial score (nSPS) is 11.2. The molecule has 0 amide bonds. The molecule has 0 radical (unpaired) electrons. The first-order valence-electron chi connectivity index (χ1n) is 9.38. The molecule has 30 heavy (non-hydrogen) atoms. The van der Waals surface area contributed by atoms with E-state index in [9.17, 15) is 8.42 Å². The van der Waals surface area contributed by atoms with Gasteiger partial charge in [-0.1, -0.05) is 19.1 Å². The van der Waals surface area contributed by atoms with Crippen molar-refractivity contribution in [3.05, 3.63) is 84.0 Å². The van der Waals surface area contributed by atoms with Gasteiger partial charge in [0.15, 0.2) is 5.13 Å². The van der Waals surface area contributed by atoms with Crippen molar-refractivity contribution in [3.8, 4) is 11.3 Å². The fourth-order valence-corrected chi connectivity index (χ4v) is 4.65. The van der Waals surface area contributed by atoms with E-state index in [0.29, 0.717) is 5.69 Å². The molecule has 0 unspecified atom stereocenters. The summed E-state index contributed by atoms with van der Waals surface area (Å²) < 4.78 is 27.8. The predicted molar refractivity (Wildman–Crippen MR) is 122 cm³/mol. The Labute approximate surface area is 179 Å². The largest absolute Gasteiger partial charge is 0.332 e. The Morgan fingerprint density at radius 1 is 0.900 bits per heavy atom. The Bertz CT molecular complexity index is 1220. The molecule has 0 bridgehead atoms. The number of nitrogens with zero attached hydrogens (tertiary/aromatic N) is 2. The van der Waals surface area contributed by atoms with Gasteiger partial charge in [-0.15, -0.1) is 11.3 Å². The molecule has 6 nitrogen and oxygen atoms in total. The maximum atomic E-state index is 12.6. The minimum Gasteiger partial charge on any atom is -0.332 e. The lowest BCUT2D eigenvalue weighted by molar-refractivity contribution is 0.601. The SMILES string of the molecule is CCc1ccc(S(=O)(=O)Nc2ccc(Nc3nc(-c4ccncc4)cs3)cc2)cc1. The summed E-state index contributed by atoms with van der Waals surface area (Å²) in [6, 6.07) is 17.8. The second-order valence-corrected chi connectivity index (χ2v) is 9.12. The molecular weight excluding hydrogens is 416 g/mol. The van der Waals surface area contributed by atoms with Crippen LogP contribution >= 0.6 is 11.3 Å². The highest BCUT2D eigenvalue weighted by molar-refractivity contribution is 7.92. The minimum atomic E-state index is -3.62. The fraction of sp³-hybridized carbons (Fsp3) is 0.0909. The average molecular weight is 437 g/mol. The summed E-state index contributed by atoms with van der Waals surface area (Å²) >= 11 is 1.50. The molecule has 0 fully saturated rings. The predicted octanol–water partition coefficient (Wildman–Crippen LogP) is 5.31. The van der Waals surface area contributed by atoms with Crippen molar-refractivity contribution in [3.63, 3.8) is 0 Å². The standard InChI is InChI=1S/C22H20N4O2S2/c1-2-16-3-9-20(10-4-16)30(27,28)26-19-7-5-18(6-8-19)24-22-25-21(15-29-22)17-11-13-23-14-12-17/h3-15,26H,2H2,1H3,(H,24,25). The highest BCUT2D eigenvalue weighted by Gasteiger charge is 2.14. The zero-order valence-electron chi connectivity index (χ0n) is 16.2. The van der Waals surface area contributed by atoms with Gasteiger partial charge < -0.3 is 5.32 Å². The van der Waals surface area contributed by atoms with E-state index in [1.54, 1.807) is 36.7 Å². The third-order valence-corrected chi connectivity index (χ3v) is 6.67. The van der Waals surface area contributed by atoms with Crippen molar-refractivity contribution < 1.29 is 8.42 Å². The van der Waals surface area contributed by atoms with Gasteiger partial charge >= 0.3 is 0 Å². The first kappa shape index (κ1) is 20.1. The molecule has 0 atom stereocenters. The van der Waals surface area contributed by atoms with E-state index < -0.39 is 10.0 Å². The Morgan fingerprint density at radius 2 is 1.57 bits per heavy atom. The highest BCUT2D eigenvalue weighted by atomic mass is 32.2. The van der Waals surface area contributed by atoms with E-state index in [1.165, 1.54) is 11.3 Å². The number of rotatable bonds is 7. The summed E-state index contributed by atoms with van der Waals surface area (Å²) in [5.41, 5.74) is 4.30. The van der Waals surface area contributed by atoms with Gasteiger partial charge in [0, 0.05) is 34.7 Å². The van der Waals surface area contributed by atoms with Crippen molar-refractivity contribution in [2.45, 2.75) is 18.2 Å². The molecule has 0 aliphatic rings. The van der Waals surface area contributed by atoms with Crippen LogP contribution in [-0.4, -0.2) is 18.4 Å². The minimum absolute atomic E-state index is 0.244. The number of hydrogen-bond acceptors (Lipinski definition) is 6. The van der Waals surface area contributed by atoms with Gasteiger partial charge in [0.1, 0.15) is 0 Å². The van der Waals surface area contributed by atoms with Crippen molar-refractivity contribution in [2.75, 3.05) is 10.0 Å². The molecule has 2 N–H and O–H groups in total. The highest BCUT2D eigenvalue weighted by Crippen LogP contribution is 2.27. The van der Waals surface area contributed by atoms with Crippen LogP contribution in [0.15, 0.2) is 83.3 Å². The van der Waals surface area contributed by atoms with Crippen LogP contribution in [0.1, 0.15) is 12.5 Å². The maximum Gasteiger partial charge on any atom is 0.261 e. The molecule has 0 aliphatic heterocycles. The lowest BCUT2D eigenvalue weighted by Gasteiger charge is -2.10. The van der Waals surface area contributed by atoms with Crippen molar-refractivity contribution in [1.29, 1.82) is 0 Å². The molecule has 4 aromatic rings. The van der Waals surface area contributed by atoms with Gasteiger partial charge in [-0.3, -0.25) is 9.71 Å². The monoisotopic (exact) mass is 436 g/mol. The van der Waals surface area contributed by atoms with Crippen LogP contribution in [0, 0.1) is 0 Å². The first-order valence-corrected chi connectivity index (χ1v) is 11.7. The number of benzene rings is 2. The van der Waals surface area contributed by atoms with E-state index in [2.05, 4.69) is 20.0 Å². The Kier molecular flexibility index (Phi) is 5.78. The second-order valence-electron chi connectivity index (χ2n) is 6.58. The topological polar surface area (TPSA) is 84.0 Å². The van der Waals surface area contributed by atoms with Crippen LogP contribution in [0.3, 0.4) is 0 Å². The van der Waals surface area contributed by atoms with Crippen LogP contribution < -0.4 is 10.0 Å². The summed E-state index contributed by atoms with van der Waals surface area (Å²) in [5, 5.41) is 5.97. The van der Waals surface area contributed by atoms with E-state index in [4.69, 9.17) is 0 Å². The summed E-state index contributed by atoms with van der Waals surface area (Å²) in [6.07, 6.45) is 4.34. The van der Waals surface area contributed by atoms with Crippen molar-refractivity contribution >= 4 is 37.9 Å². The molecule has 0 spiro atoms.